The molecule has 3 N–H and O–H groups in total. The summed E-state index contributed by atoms with van der Waals surface area (Å²) < 4.78 is 15.5. The zero-order valence-electron chi connectivity index (χ0n) is 11.6. The molecule has 0 saturated heterocycles. The van der Waals surface area contributed by atoms with Gasteiger partial charge in [0, 0.05) is 13.7 Å². The van der Waals surface area contributed by atoms with E-state index in [0.717, 1.165) is 0 Å². The van der Waals surface area contributed by atoms with Crippen LogP contribution in [0.3, 0.4) is 0 Å². The second kappa shape index (κ2) is 11.8. The Balaban J connectivity index is 3.44. The first kappa shape index (κ1) is 17.8. The number of hydrogen-bond donors (Lipinski definition) is 3. The summed E-state index contributed by atoms with van der Waals surface area (Å²) in [4.78, 5) is 0. The quantitative estimate of drug-likeness (QED) is 0.408. The molecule has 0 bridgehead atoms. The highest BCUT2D eigenvalue weighted by Gasteiger charge is 2.10. The van der Waals surface area contributed by atoms with Crippen LogP contribution < -0.4 is 5.32 Å². The number of nitrogens with one attached hydrogen (secondary N) is 1. The highest BCUT2D eigenvalue weighted by Crippen LogP contribution is 1.90. The molecule has 2 atom stereocenters. The van der Waals surface area contributed by atoms with Crippen molar-refractivity contribution in [3.8, 4) is 0 Å². The highest BCUT2D eigenvalue weighted by atomic mass is 16.5. The van der Waals surface area contributed by atoms with Gasteiger partial charge in [0.05, 0.1) is 51.3 Å². The Morgan fingerprint density at radius 2 is 1.89 bits per heavy atom. The van der Waals surface area contributed by atoms with Crippen LogP contribution in [0.25, 0.3) is 0 Å². The first-order valence-corrected chi connectivity index (χ1v) is 6.30. The summed E-state index contributed by atoms with van der Waals surface area (Å²) in [5, 5.41) is 21.6. The van der Waals surface area contributed by atoms with Crippen LogP contribution >= 0.6 is 0 Å². The first-order valence-electron chi connectivity index (χ1n) is 6.30. The maximum absolute atomic E-state index is 9.62. The Bertz CT molecular complexity index is 180. The van der Waals surface area contributed by atoms with E-state index in [1.165, 1.54) is 0 Å². The zero-order chi connectivity index (χ0) is 13.8. The van der Waals surface area contributed by atoms with Crippen LogP contribution in [-0.2, 0) is 14.2 Å². The van der Waals surface area contributed by atoms with Crippen molar-refractivity contribution in [1.29, 1.82) is 0 Å². The van der Waals surface area contributed by atoms with Gasteiger partial charge in [-0.3, -0.25) is 0 Å². The molecule has 0 amide bonds. The van der Waals surface area contributed by atoms with Gasteiger partial charge in [0.1, 0.15) is 0 Å². The summed E-state index contributed by atoms with van der Waals surface area (Å²) in [6.07, 6.45) is -0.408. The number of methoxy groups -OCH3 is 1. The van der Waals surface area contributed by atoms with Crippen LogP contribution in [-0.4, -0.2) is 75.2 Å². The molecular formula is C12H27NO5. The number of rotatable bonds is 12. The fourth-order valence-corrected chi connectivity index (χ4v) is 1.30. The van der Waals surface area contributed by atoms with Gasteiger partial charge in [-0.15, -0.1) is 0 Å². The van der Waals surface area contributed by atoms with E-state index in [2.05, 4.69) is 5.32 Å². The van der Waals surface area contributed by atoms with Crippen LogP contribution in [0.1, 0.15) is 13.8 Å². The van der Waals surface area contributed by atoms with Crippen molar-refractivity contribution >= 4 is 0 Å². The maximum atomic E-state index is 9.62. The van der Waals surface area contributed by atoms with Crippen molar-refractivity contribution in [2.24, 2.45) is 0 Å². The average Bonchev–Trinajstić information content (AvgIpc) is 2.33. The molecule has 0 saturated carbocycles. The van der Waals surface area contributed by atoms with Gasteiger partial charge in [-0.1, -0.05) is 0 Å². The molecule has 0 aromatic heterocycles. The molecule has 0 rings (SSSR count). The lowest BCUT2D eigenvalue weighted by atomic mass is 10.3. The molecule has 0 fully saturated rings. The molecule has 0 spiro atoms. The third-order valence-corrected chi connectivity index (χ3v) is 2.22. The van der Waals surface area contributed by atoms with Crippen LogP contribution in [0.15, 0.2) is 0 Å². The molecule has 0 aliphatic rings. The Hall–Kier alpha value is -0.240. The lowest BCUT2D eigenvalue weighted by Gasteiger charge is -2.18. The number of aliphatic hydroxyl groups excluding tert-OH is 2. The summed E-state index contributed by atoms with van der Waals surface area (Å²) in [5.74, 6) is 0. The van der Waals surface area contributed by atoms with E-state index in [4.69, 9.17) is 19.3 Å². The molecule has 6 nitrogen and oxygen atoms in total. The van der Waals surface area contributed by atoms with E-state index in [9.17, 15) is 5.11 Å². The molecule has 18 heavy (non-hydrogen) atoms. The number of ether oxygens (including phenoxy) is 3. The molecule has 0 radical (unpaired) electrons. The zero-order valence-corrected chi connectivity index (χ0v) is 11.6. The van der Waals surface area contributed by atoms with E-state index in [-0.39, 0.29) is 25.4 Å². The normalized spacial score (nSPS) is 15.0. The Labute approximate surface area is 109 Å². The molecule has 0 aromatic carbocycles. The molecule has 110 valence electrons. The van der Waals surface area contributed by atoms with Gasteiger partial charge < -0.3 is 29.7 Å². The smallest absolute Gasteiger partial charge is 0.0897 e. The summed E-state index contributed by atoms with van der Waals surface area (Å²) >= 11 is 0. The van der Waals surface area contributed by atoms with E-state index in [1.54, 1.807) is 7.11 Å². The van der Waals surface area contributed by atoms with Crippen molar-refractivity contribution in [2.75, 3.05) is 46.7 Å². The van der Waals surface area contributed by atoms with Crippen molar-refractivity contribution < 1.29 is 24.4 Å². The van der Waals surface area contributed by atoms with Crippen molar-refractivity contribution in [2.45, 2.75) is 32.1 Å². The average molecular weight is 265 g/mol. The standard InChI is InChI=1S/C12H27NO5/c1-10(2)18-5-4-17-9-12(15)6-13-11(7-14)8-16-3/h10-15H,4-9H2,1-3H3. The Morgan fingerprint density at radius 3 is 2.44 bits per heavy atom. The van der Waals surface area contributed by atoms with Gasteiger partial charge in [-0.2, -0.15) is 0 Å². The van der Waals surface area contributed by atoms with Gasteiger partial charge >= 0.3 is 0 Å². The summed E-state index contributed by atoms with van der Waals surface area (Å²) in [6.45, 7) is 5.92. The van der Waals surface area contributed by atoms with Gasteiger partial charge in [-0.25, -0.2) is 0 Å². The third-order valence-electron chi connectivity index (χ3n) is 2.22. The summed E-state index contributed by atoms with van der Waals surface area (Å²) in [6, 6.07) is -0.158. The minimum atomic E-state index is -0.602. The maximum Gasteiger partial charge on any atom is 0.0897 e. The van der Waals surface area contributed by atoms with Gasteiger partial charge in [0.15, 0.2) is 0 Å². The van der Waals surface area contributed by atoms with E-state index >= 15 is 0 Å². The molecule has 6 heteroatoms. The molecule has 0 heterocycles. The lowest BCUT2D eigenvalue weighted by Crippen LogP contribution is -2.42. The first-order chi connectivity index (χ1) is 8.60. The van der Waals surface area contributed by atoms with Crippen LogP contribution in [0.5, 0.6) is 0 Å². The minimum Gasteiger partial charge on any atom is -0.395 e. The van der Waals surface area contributed by atoms with Crippen molar-refractivity contribution in [3.63, 3.8) is 0 Å². The van der Waals surface area contributed by atoms with E-state index < -0.39 is 6.10 Å². The summed E-state index contributed by atoms with van der Waals surface area (Å²) in [7, 11) is 1.57. The van der Waals surface area contributed by atoms with Crippen LogP contribution in [0.4, 0.5) is 0 Å². The molecule has 0 aliphatic heterocycles. The highest BCUT2D eigenvalue weighted by molar-refractivity contribution is 4.67. The minimum absolute atomic E-state index is 0.0242. The lowest BCUT2D eigenvalue weighted by molar-refractivity contribution is -0.0115. The number of aliphatic hydroxyl groups is 2. The van der Waals surface area contributed by atoms with Crippen molar-refractivity contribution in [3.05, 3.63) is 0 Å². The predicted molar refractivity (Wildman–Crippen MR) is 68.7 cm³/mol. The second-order valence-electron chi connectivity index (χ2n) is 4.39. The van der Waals surface area contributed by atoms with E-state index in [0.29, 0.717) is 26.4 Å². The van der Waals surface area contributed by atoms with Crippen molar-refractivity contribution in [1.82, 2.24) is 5.32 Å². The van der Waals surface area contributed by atoms with Gasteiger partial charge in [0.25, 0.3) is 0 Å². The molecule has 2 unspecified atom stereocenters. The predicted octanol–water partition coefficient (Wildman–Crippen LogP) is -0.614. The monoisotopic (exact) mass is 265 g/mol. The Morgan fingerprint density at radius 1 is 1.17 bits per heavy atom. The molecule has 0 aromatic rings. The third kappa shape index (κ3) is 10.9. The van der Waals surface area contributed by atoms with Gasteiger partial charge in [0.2, 0.25) is 0 Å². The fourth-order valence-electron chi connectivity index (χ4n) is 1.30. The molecule has 0 aliphatic carbocycles. The second-order valence-corrected chi connectivity index (χ2v) is 4.39. The van der Waals surface area contributed by atoms with E-state index in [1.807, 2.05) is 13.8 Å². The Kier molecular flexibility index (Phi) is 11.7. The molecular weight excluding hydrogens is 238 g/mol. The van der Waals surface area contributed by atoms with Crippen LogP contribution in [0, 0.1) is 0 Å². The van der Waals surface area contributed by atoms with Crippen LogP contribution in [0.2, 0.25) is 0 Å². The fraction of sp³-hybridized carbons (Fsp3) is 1.00. The van der Waals surface area contributed by atoms with Gasteiger partial charge in [-0.05, 0) is 13.8 Å². The SMILES string of the molecule is COCC(CO)NCC(O)COCCOC(C)C. The largest absolute Gasteiger partial charge is 0.395 e. The number of hydrogen-bond acceptors (Lipinski definition) is 6. The summed E-state index contributed by atoms with van der Waals surface area (Å²) in [5.41, 5.74) is 0. The topological polar surface area (TPSA) is 80.2 Å².